The minimum atomic E-state index is -1.13. The van der Waals surface area contributed by atoms with Gasteiger partial charge in [0, 0.05) is 12.0 Å². The summed E-state index contributed by atoms with van der Waals surface area (Å²) in [6.45, 7) is 0.329. The molecule has 0 aromatic carbocycles. The number of aromatic amines is 1. The Kier molecular flexibility index (Phi) is 4.19. The summed E-state index contributed by atoms with van der Waals surface area (Å²) in [4.78, 5) is 22.9. The highest BCUT2D eigenvalue weighted by molar-refractivity contribution is 5.64. The third-order valence-electron chi connectivity index (χ3n) is 1.89. The lowest BCUT2D eigenvalue weighted by Crippen LogP contribution is -2.23. The van der Waals surface area contributed by atoms with Crippen LogP contribution in [0.25, 0.3) is 0 Å². The van der Waals surface area contributed by atoms with Crippen molar-refractivity contribution in [3.8, 4) is 0 Å². The smallest absolute Gasteiger partial charge is 0.357 e. The van der Waals surface area contributed by atoms with Crippen molar-refractivity contribution in [2.24, 2.45) is 0 Å². The molecule has 0 amide bonds. The van der Waals surface area contributed by atoms with Gasteiger partial charge in [0.1, 0.15) is 0 Å². The molecule has 0 fully saturated rings. The zero-order valence-electron chi connectivity index (χ0n) is 8.43. The Hall–Kier alpha value is -2.18. The number of nitrogens with zero attached hydrogens (tertiary/aromatic N) is 1. The van der Waals surface area contributed by atoms with Crippen LogP contribution in [0.1, 0.15) is 12.8 Å². The number of rotatable bonds is 6. The van der Waals surface area contributed by atoms with E-state index in [-0.39, 0.29) is 17.9 Å². The molecule has 1 rings (SSSR count). The number of nitrogens with one attached hydrogen (secondary N) is 2. The number of pyridine rings is 1. The van der Waals surface area contributed by atoms with E-state index in [1.165, 1.54) is 12.1 Å². The van der Waals surface area contributed by atoms with Gasteiger partial charge in [0.15, 0.2) is 0 Å². The Morgan fingerprint density at radius 1 is 1.56 bits per heavy atom. The number of H-pyrrole nitrogens is 1. The van der Waals surface area contributed by atoms with Crippen LogP contribution in [-0.2, 0) is 4.79 Å². The maximum absolute atomic E-state index is 10.6. The number of carbonyl (C=O) groups is 1. The number of aliphatic carboxylic acids is 1. The molecule has 7 nitrogen and oxygen atoms in total. The molecule has 0 aliphatic heterocycles. The van der Waals surface area contributed by atoms with E-state index in [2.05, 4.69) is 10.3 Å². The quantitative estimate of drug-likeness (QED) is 0.393. The first-order valence-corrected chi connectivity index (χ1v) is 4.70. The van der Waals surface area contributed by atoms with E-state index in [4.69, 9.17) is 0 Å². The van der Waals surface area contributed by atoms with Crippen LogP contribution in [0.5, 0.6) is 0 Å². The monoisotopic (exact) mass is 225 g/mol. The molecule has 7 heteroatoms. The number of hydrogen-bond acceptors (Lipinski definition) is 5. The van der Waals surface area contributed by atoms with Crippen molar-refractivity contribution in [2.45, 2.75) is 12.8 Å². The summed E-state index contributed by atoms with van der Waals surface area (Å²) in [5.41, 5.74) is -0.0732. The van der Waals surface area contributed by atoms with Crippen LogP contribution in [-0.4, -0.2) is 17.4 Å². The molecule has 0 bridgehead atoms. The van der Waals surface area contributed by atoms with E-state index in [9.17, 15) is 20.0 Å². The topological polar surface area (TPSA) is 109 Å². The molecule has 1 aromatic rings. The number of carbonyl (C=O) groups excluding carboxylic acids is 1. The van der Waals surface area contributed by atoms with Crippen molar-refractivity contribution in [3.05, 3.63) is 28.4 Å². The average molecular weight is 225 g/mol. The van der Waals surface area contributed by atoms with Crippen LogP contribution >= 0.6 is 0 Å². The molecule has 1 heterocycles. The Morgan fingerprint density at radius 2 is 2.31 bits per heavy atom. The highest BCUT2D eigenvalue weighted by Gasteiger charge is 2.18. The fourth-order valence-corrected chi connectivity index (χ4v) is 1.17. The van der Waals surface area contributed by atoms with Crippen LogP contribution in [0.15, 0.2) is 18.3 Å². The summed E-state index contributed by atoms with van der Waals surface area (Å²) in [6, 6.07) is 2.88. The highest BCUT2D eigenvalue weighted by Crippen LogP contribution is 2.17. The molecule has 0 radical (unpaired) electrons. The number of aromatic nitrogens is 1. The zero-order valence-corrected chi connectivity index (χ0v) is 8.43. The molecule has 1 aromatic heterocycles. The van der Waals surface area contributed by atoms with Crippen molar-refractivity contribution in [1.82, 2.24) is 0 Å². The molecule has 16 heavy (non-hydrogen) atoms. The summed E-state index contributed by atoms with van der Waals surface area (Å²) >= 11 is 0. The largest absolute Gasteiger partial charge is 0.550 e. The van der Waals surface area contributed by atoms with Crippen LogP contribution in [0, 0.1) is 10.1 Å². The van der Waals surface area contributed by atoms with Gasteiger partial charge in [0.25, 0.3) is 0 Å². The molecule has 0 saturated heterocycles. The number of carboxylic acids is 1. The standard InChI is InChI=1S/C9H11N3O4/c13-8(14)4-2-6-11-9-7(12(15)16)3-1-5-10-9/h1,3,5H,2,4,6H2,(H,10,11)(H,13,14). The molecule has 2 N–H and O–H groups in total. The van der Waals surface area contributed by atoms with Crippen LogP contribution < -0.4 is 15.4 Å². The third-order valence-corrected chi connectivity index (χ3v) is 1.89. The van der Waals surface area contributed by atoms with Crippen molar-refractivity contribution in [1.29, 1.82) is 0 Å². The molecule has 0 spiro atoms. The molecule has 86 valence electrons. The normalized spacial score (nSPS) is 9.75. The molecular weight excluding hydrogens is 214 g/mol. The van der Waals surface area contributed by atoms with Crippen molar-refractivity contribution in [2.75, 3.05) is 11.9 Å². The molecule has 0 unspecified atom stereocenters. The number of nitro groups is 1. The van der Waals surface area contributed by atoms with Gasteiger partial charge in [-0.1, -0.05) is 0 Å². The van der Waals surface area contributed by atoms with Gasteiger partial charge in [-0.25, -0.2) is 4.98 Å². The lowest BCUT2D eigenvalue weighted by Gasteiger charge is -2.00. The van der Waals surface area contributed by atoms with E-state index >= 15 is 0 Å². The maximum atomic E-state index is 10.6. The lowest BCUT2D eigenvalue weighted by molar-refractivity contribution is -0.409. The van der Waals surface area contributed by atoms with Gasteiger partial charge in [-0.3, -0.25) is 15.4 Å². The van der Waals surface area contributed by atoms with Gasteiger partial charge in [-0.15, -0.1) is 0 Å². The Balaban J connectivity index is 2.53. The first kappa shape index (κ1) is 11.9. The summed E-state index contributed by atoms with van der Waals surface area (Å²) in [5, 5.41) is 23.5. The minimum absolute atomic E-state index is 0.0732. The number of hydrogen-bond donors (Lipinski definition) is 1. The first-order valence-electron chi connectivity index (χ1n) is 4.70. The van der Waals surface area contributed by atoms with Gasteiger partial charge in [-0.05, 0) is 18.9 Å². The molecule has 0 aliphatic rings. The Morgan fingerprint density at radius 3 is 2.94 bits per heavy atom. The van der Waals surface area contributed by atoms with E-state index in [0.717, 1.165) is 0 Å². The van der Waals surface area contributed by atoms with Crippen molar-refractivity contribution in [3.63, 3.8) is 0 Å². The molecule has 0 atom stereocenters. The fraction of sp³-hybridized carbons (Fsp3) is 0.333. The van der Waals surface area contributed by atoms with Crippen LogP contribution in [0.3, 0.4) is 0 Å². The molecular formula is C9H11N3O4. The lowest BCUT2D eigenvalue weighted by atomic mass is 10.3. The highest BCUT2D eigenvalue weighted by atomic mass is 16.6. The second-order valence-electron chi connectivity index (χ2n) is 3.09. The maximum Gasteiger partial charge on any atom is 0.357 e. The summed E-state index contributed by atoms with van der Waals surface area (Å²) < 4.78 is 0. The van der Waals surface area contributed by atoms with E-state index in [1.54, 1.807) is 6.20 Å². The van der Waals surface area contributed by atoms with Gasteiger partial charge in [-0.2, -0.15) is 0 Å². The van der Waals surface area contributed by atoms with E-state index < -0.39 is 10.9 Å². The predicted octanol–water partition coefficient (Wildman–Crippen LogP) is -0.649. The second-order valence-corrected chi connectivity index (χ2v) is 3.09. The van der Waals surface area contributed by atoms with Gasteiger partial charge < -0.3 is 9.90 Å². The second kappa shape index (κ2) is 5.64. The molecule has 0 aliphatic carbocycles. The van der Waals surface area contributed by atoms with E-state index in [1.807, 2.05) is 0 Å². The zero-order chi connectivity index (χ0) is 12.0. The van der Waals surface area contributed by atoms with Crippen molar-refractivity contribution >= 4 is 17.5 Å². The Labute approximate surface area is 91.3 Å². The average Bonchev–Trinajstić information content (AvgIpc) is 2.24. The number of anilines is 1. The van der Waals surface area contributed by atoms with Crippen LogP contribution in [0.2, 0.25) is 0 Å². The summed E-state index contributed by atoms with van der Waals surface area (Å²) in [6.07, 6.45) is 1.82. The SMILES string of the molecule is O=C([O-])CCCNc1[nH+]cccc1[N+](=O)[O-]. The van der Waals surface area contributed by atoms with E-state index in [0.29, 0.717) is 13.0 Å². The fourth-order valence-electron chi connectivity index (χ4n) is 1.17. The molecule has 0 saturated carbocycles. The van der Waals surface area contributed by atoms with Gasteiger partial charge in [0.05, 0.1) is 17.7 Å². The first-order chi connectivity index (χ1) is 7.61. The third kappa shape index (κ3) is 3.52. The van der Waals surface area contributed by atoms with Crippen LogP contribution in [0.4, 0.5) is 11.5 Å². The van der Waals surface area contributed by atoms with Gasteiger partial charge in [0.2, 0.25) is 0 Å². The van der Waals surface area contributed by atoms with Gasteiger partial charge >= 0.3 is 11.5 Å². The number of carboxylic acid groups (broad SMARTS) is 1. The summed E-state index contributed by atoms with van der Waals surface area (Å²) in [7, 11) is 0. The minimum Gasteiger partial charge on any atom is -0.550 e. The Bertz CT molecular complexity index is 394. The van der Waals surface area contributed by atoms with Crippen molar-refractivity contribution < 1.29 is 19.8 Å². The predicted molar refractivity (Wildman–Crippen MR) is 52.4 cm³/mol. The summed E-state index contributed by atoms with van der Waals surface area (Å²) in [5.74, 6) is -0.862.